The number of hydrogen-bond donors (Lipinski definition) is 2. The molecule has 0 aromatic heterocycles. The van der Waals surface area contributed by atoms with E-state index < -0.39 is 5.66 Å². The monoisotopic (exact) mass is 311 g/mol. The van der Waals surface area contributed by atoms with E-state index in [2.05, 4.69) is 10.6 Å². The second-order valence-electron chi connectivity index (χ2n) is 5.75. The van der Waals surface area contributed by atoms with Crippen LogP contribution in [0.4, 0.5) is 0 Å². The van der Waals surface area contributed by atoms with Crippen LogP contribution >= 0.6 is 0 Å². The van der Waals surface area contributed by atoms with Crippen LogP contribution in [0.5, 0.6) is 0 Å². The molecule has 2 aromatic carbocycles. The van der Waals surface area contributed by atoms with Gasteiger partial charge in [-0.2, -0.15) is 0 Å². The Labute approximate surface area is 138 Å². The van der Waals surface area contributed by atoms with Gasteiger partial charge < -0.3 is 10.6 Å². The van der Waals surface area contributed by atoms with Gasteiger partial charge in [-0.05, 0) is 25.0 Å². The highest BCUT2D eigenvalue weighted by Crippen LogP contribution is 2.04. The maximum absolute atomic E-state index is 12.2. The molecular weight excluding hydrogens is 288 g/mol. The minimum Gasteiger partial charge on any atom is -0.334 e. The molecule has 120 valence electrons. The molecule has 2 N–H and O–H groups in total. The molecule has 0 saturated carbocycles. The summed E-state index contributed by atoms with van der Waals surface area (Å²) in [7, 11) is 0. The lowest BCUT2D eigenvalue weighted by atomic mass is 10.1. The van der Waals surface area contributed by atoms with Gasteiger partial charge in [0.25, 0.3) is 0 Å². The molecule has 0 heterocycles. The summed E-state index contributed by atoms with van der Waals surface area (Å²) in [5, 5.41) is 5.50. The number of hydrogen-bond acceptors (Lipinski definition) is 2. The fraction of sp³-hybridized carbons (Fsp3) is 0.263. The quantitative estimate of drug-likeness (QED) is 0.805. The summed E-state index contributed by atoms with van der Waals surface area (Å²) in [6.45, 7) is 1.50. The number of rotatable bonds is 6. The molecule has 0 saturated heterocycles. The van der Waals surface area contributed by atoms with Gasteiger partial charge in [-0.25, -0.2) is 0 Å². The van der Waals surface area contributed by atoms with E-state index in [0.29, 0.717) is 0 Å². The molecule has 0 fully saturated rings. The van der Waals surface area contributed by atoms with Crippen LogP contribution in [0.3, 0.4) is 0 Å². The van der Waals surface area contributed by atoms with Crippen LogP contribution in [0.15, 0.2) is 60.7 Å². The van der Waals surface area contributed by atoms with Gasteiger partial charge in [-0.1, -0.05) is 60.7 Å². The lowest BCUT2D eigenvalue weighted by Crippen LogP contribution is -2.57. The van der Waals surface area contributed by atoms with Crippen LogP contribution in [0.2, 0.25) is 0 Å². The predicted octanol–water partition coefficient (Wildman–Crippen LogP) is 2.44. The van der Waals surface area contributed by atoms with E-state index in [1.807, 2.05) is 60.7 Å². The number of nitrogens with one attached hydrogen (secondary N) is 2. The van der Waals surface area contributed by atoms with Crippen molar-refractivity contribution in [3.63, 3.8) is 0 Å². The zero-order valence-corrected chi connectivity index (χ0v) is 13.2. The third-order valence-electron chi connectivity index (χ3n) is 3.25. The van der Waals surface area contributed by atoms with Crippen LogP contribution in [-0.4, -0.2) is 17.5 Å². The zero-order valence-electron chi connectivity index (χ0n) is 14.2. The molecule has 0 aliphatic carbocycles. The Morgan fingerprint density at radius 3 is 1.61 bits per heavy atom. The molecule has 23 heavy (non-hydrogen) atoms. The van der Waals surface area contributed by atoms with E-state index >= 15 is 0 Å². The summed E-state index contributed by atoms with van der Waals surface area (Å²) in [5.74, 6) is -0.452. The topological polar surface area (TPSA) is 58.2 Å². The van der Waals surface area contributed by atoms with Crippen LogP contribution in [-0.2, 0) is 22.4 Å². The number of carbonyl (C=O) groups is 2. The molecule has 0 spiro atoms. The Kier molecular flexibility index (Phi) is 5.04. The molecule has 0 radical (unpaired) electrons. The Morgan fingerprint density at radius 2 is 1.26 bits per heavy atom. The van der Waals surface area contributed by atoms with Gasteiger partial charge in [0.1, 0.15) is 5.66 Å². The normalized spacial score (nSPS) is 11.4. The number of carbonyl (C=O) groups excluding carboxylic acids is 2. The SMILES string of the molecule is [2H]CC(C)(NC(=O)Cc1ccccc1)NC(=O)Cc1ccccc1. The van der Waals surface area contributed by atoms with Crippen LogP contribution in [0.25, 0.3) is 0 Å². The largest absolute Gasteiger partial charge is 0.334 e. The summed E-state index contributed by atoms with van der Waals surface area (Å²) in [4.78, 5) is 24.4. The number of benzene rings is 2. The molecule has 0 atom stereocenters. The van der Waals surface area contributed by atoms with Gasteiger partial charge in [0.05, 0.1) is 12.8 Å². The van der Waals surface area contributed by atoms with E-state index in [-0.39, 0.29) is 31.6 Å². The molecule has 4 heteroatoms. The average Bonchev–Trinajstić information content (AvgIpc) is 2.56. The third-order valence-corrected chi connectivity index (χ3v) is 3.25. The third kappa shape index (κ3) is 5.94. The smallest absolute Gasteiger partial charge is 0.226 e. The molecule has 2 aromatic rings. The first kappa shape index (κ1) is 15.3. The molecule has 0 bridgehead atoms. The first-order valence-electron chi connectivity index (χ1n) is 8.20. The lowest BCUT2D eigenvalue weighted by molar-refractivity contribution is -0.125. The molecular formula is C19H22N2O2. The van der Waals surface area contributed by atoms with Gasteiger partial charge >= 0.3 is 0 Å². The van der Waals surface area contributed by atoms with Crippen LogP contribution in [0.1, 0.15) is 26.3 Å². The van der Waals surface area contributed by atoms with Gasteiger partial charge in [0, 0.05) is 1.37 Å². The highest BCUT2D eigenvalue weighted by molar-refractivity contribution is 5.82. The van der Waals surface area contributed by atoms with E-state index in [1.165, 1.54) is 0 Å². The van der Waals surface area contributed by atoms with Crippen molar-refractivity contribution in [3.8, 4) is 0 Å². The molecule has 0 unspecified atom stereocenters. The summed E-state index contributed by atoms with van der Waals surface area (Å²) >= 11 is 0. The van der Waals surface area contributed by atoms with Crippen molar-refractivity contribution in [1.29, 1.82) is 0 Å². The maximum Gasteiger partial charge on any atom is 0.226 e. The second kappa shape index (κ2) is 7.58. The Morgan fingerprint density at radius 1 is 0.870 bits per heavy atom. The fourth-order valence-electron chi connectivity index (χ4n) is 2.30. The maximum atomic E-state index is 12.2. The van der Waals surface area contributed by atoms with Crippen molar-refractivity contribution in [3.05, 3.63) is 71.8 Å². The van der Waals surface area contributed by atoms with Crippen LogP contribution < -0.4 is 10.6 Å². The summed E-state index contributed by atoms with van der Waals surface area (Å²) in [6.07, 6.45) is 0.427. The van der Waals surface area contributed by atoms with Gasteiger partial charge in [0.15, 0.2) is 0 Å². The highest BCUT2D eigenvalue weighted by Gasteiger charge is 2.22. The van der Waals surface area contributed by atoms with Crippen molar-refractivity contribution in [2.45, 2.75) is 32.3 Å². The van der Waals surface area contributed by atoms with Gasteiger partial charge in [-0.15, -0.1) is 0 Å². The fourth-order valence-corrected chi connectivity index (χ4v) is 2.30. The minimum atomic E-state index is -1.09. The molecule has 2 rings (SSSR count). The van der Waals surface area contributed by atoms with Crippen molar-refractivity contribution in [1.82, 2.24) is 10.6 Å². The molecule has 2 amide bonds. The van der Waals surface area contributed by atoms with Gasteiger partial charge in [0.2, 0.25) is 11.8 Å². The minimum absolute atomic E-state index is 0.145. The lowest BCUT2D eigenvalue weighted by Gasteiger charge is -2.27. The van der Waals surface area contributed by atoms with Crippen molar-refractivity contribution in [2.75, 3.05) is 0 Å². The summed E-state index contributed by atoms with van der Waals surface area (Å²) in [6, 6.07) is 18.7. The van der Waals surface area contributed by atoms with E-state index in [1.54, 1.807) is 6.92 Å². The van der Waals surface area contributed by atoms with E-state index in [9.17, 15) is 9.59 Å². The highest BCUT2D eigenvalue weighted by atomic mass is 16.2. The van der Waals surface area contributed by atoms with E-state index in [0.717, 1.165) is 11.1 Å². The Balaban J connectivity index is 1.92. The molecule has 0 aliphatic heterocycles. The van der Waals surface area contributed by atoms with Crippen molar-refractivity contribution >= 4 is 11.8 Å². The first-order valence-corrected chi connectivity index (χ1v) is 7.50. The number of amides is 2. The average molecular weight is 311 g/mol. The second-order valence-corrected chi connectivity index (χ2v) is 5.75. The first-order chi connectivity index (χ1) is 11.5. The van der Waals surface area contributed by atoms with Crippen LogP contribution in [0, 0.1) is 0 Å². The van der Waals surface area contributed by atoms with Crippen molar-refractivity contribution < 1.29 is 11.0 Å². The summed E-state index contributed by atoms with van der Waals surface area (Å²) < 4.78 is 7.67. The molecule has 0 aliphatic rings. The zero-order chi connectivity index (χ0) is 17.4. The summed E-state index contributed by atoms with van der Waals surface area (Å²) in [5.41, 5.74) is 0.688. The standard InChI is InChI=1S/C19H22N2O2/c1-19(2,20-17(22)13-15-9-5-3-6-10-15)21-18(23)14-16-11-7-4-8-12-16/h3-12H,13-14H2,1-2H3,(H,20,22)(H,21,23)/i1D. The van der Waals surface area contributed by atoms with Crippen molar-refractivity contribution in [2.24, 2.45) is 0 Å². The van der Waals surface area contributed by atoms with Gasteiger partial charge in [-0.3, -0.25) is 9.59 Å². The molecule has 4 nitrogen and oxygen atoms in total. The Hall–Kier alpha value is -2.62. The predicted molar refractivity (Wildman–Crippen MR) is 90.7 cm³/mol. The van der Waals surface area contributed by atoms with E-state index in [4.69, 9.17) is 1.37 Å². The Bertz CT molecular complexity index is 619.